The third-order valence-electron chi connectivity index (χ3n) is 6.04. The Kier molecular flexibility index (Phi) is 6.23. The summed E-state index contributed by atoms with van der Waals surface area (Å²) in [7, 11) is 0. The van der Waals surface area contributed by atoms with E-state index in [4.69, 9.17) is 0 Å². The number of aromatic nitrogens is 2. The molecule has 0 aromatic carbocycles. The predicted octanol–water partition coefficient (Wildman–Crippen LogP) is 3.21. The van der Waals surface area contributed by atoms with Gasteiger partial charge in [0, 0.05) is 25.2 Å². The third-order valence-corrected chi connectivity index (χ3v) is 6.04. The van der Waals surface area contributed by atoms with E-state index in [2.05, 4.69) is 20.6 Å². The molecule has 2 aromatic heterocycles. The molecular formula is C22H26F3N5O2. The molecule has 0 spiro atoms. The van der Waals surface area contributed by atoms with Crippen molar-refractivity contribution < 1.29 is 18.0 Å². The second kappa shape index (κ2) is 8.93. The number of alkyl halides is 3. The van der Waals surface area contributed by atoms with Crippen LogP contribution in [-0.2, 0) is 4.79 Å². The molecule has 0 unspecified atom stereocenters. The van der Waals surface area contributed by atoms with Crippen LogP contribution in [0.15, 0.2) is 29.2 Å². The minimum atomic E-state index is -4.38. The molecule has 0 bridgehead atoms. The second-order valence-electron chi connectivity index (χ2n) is 8.53. The molecular weight excluding hydrogens is 423 g/mol. The molecule has 0 saturated carbocycles. The number of hydrogen-bond acceptors (Lipinski definition) is 5. The zero-order valence-electron chi connectivity index (χ0n) is 17.8. The Morgan fingerprint density at radius 3 is 2.72 bits per heavy atom. The van der Waals surface area contributed by atoms with Crippen LogP contribution in [0, 0.1) is 12.8 Å². The maximum Gasteiger partial charge on any atom is 0.408 e. The van der Waals surface area contributed by atoms with Crippen molar-refractivity contribution in [3.8, 4) is 11.1 Å². The number of nitrogens with one attached hydrogen (secondary N) is 3. The number of nitrogens with zero attached hydrogens (tertiary/aromatic N) is 2. The van der Waals surface area contributed by atoms with Gasteiger partial charge in [-0.15, -0.1) is 0 Å². The molecule has 4 heterocycles. The summed E-state index contributed by atoms with van der Waals surface area (Å²) in [5, 5.41) is 5.89. The molecule has 1 atom stereocenters. The fourth-order valence-electron chi connectivity index (χ4n) is 4.25. The molecule has 3 N–H and O–H groups in total. The maximum absolute atomic E-state index is 13.6. The van der Waals surface area contributed by atoms with Gasteiger partial charge in [0.15, 0.2) is 0 Å². The Bertz CT molecular complexity index is 1050. The monoisotopic (exact) mass is 449 g/mol. The summed E-state index contributed by atoms with van der Waals surface area (Å²) in [5.41, 5.74) is 1.37. The van der Waals surface area contributed by atoms with Crippen molar-refractivity contribution in [3.05, 3.63) is 40.3 Å². The number of hydrogen-bond donors (Lipinski definition) is 3. The number of H-pyrrole nitrogens is 1. The Labute approximate surface area is 183 Å². The first kappa shape index (κ1) is 22.3. The van der Waals surface area contributed by atoms with Gasteiger partial charge in [-0.3, -0.25) is 9.59 Å². The quantitative estimate of drug-likeness (QED) is 0.652. The number of carbonyl (C=O) groups excluding carboxylic acids is 1. The molecule has 0 aliphatic carbocycles. The highest BCUT2D eigenvalue weighted by atomic mass is 19.4. The highest BCUT2D eigenvalue weighted by molar-refractivity contribution is 5.90. The van der Waals surface area contributed by atoms with Crippen LogP contribution >= 0.6 is 0 Å². The van der Waals surface area contributed by atoms with Gasteiger partial charge in [0.05, 0.1) is 0 Å². The predicted molar refractivity (Wildman–Crippen MR) is 116 cm³/mol. The second-order valence-corrected chi connectivity index (χ2v) is 8.53. The van der Waals surface area contributed by atoms with E-state index < -0.39 is 17.8 Å². The van der Waals surface area contributed by atoms with Gasteiger partial charge in [0.2, 0.25) is 11.5 Å². The van der Waals surface area contributed by atoms with Crippen molar-refractivity contribution in [2.45, 2.75) is 44.8 Å². The maximum atomic E-state index is 13.6. The van der Waals surface area contributed by atoms with E-state index in [0.717, 1.165) is 18.7 Å². The van der Waals surface area contributed by atoms with Crippen LogP contribution in [0.2, 0.25) is 0 Å². The average molecular weight is 449 g/mol. The molecule has 32 heavy (non-hydrogen) atoms. The van der Waals surface area contributed by atoms with Crippen molar-refractivity contribution >= 4 is 17.5 Å². The summed E-state index contributed by atoms with van der Waals surface area (Å²) in [5.74, 6) is 0.651. The topological polar surface area (TPSA) is 90.1 Å². The smallest absolute Gasteiger partial charge is 0.346 e. The van der Waals surface area contributed by atoms with Gasteiger partial charge in [0.25, 0.3) is 0 Å². The fraction of sp³-hybridized carbons (Fsp3) is 0.500. The van der Waals surface area contributed by atoms with Crippen molar-refractivity contribution in [1.29, 1.82) is 0 Å². The van der Waals surface area contributed by atoms with E-state index in [1.807, 2.05) is 0 Å². The number of aromatic amines is 1. The standard InChI is InChI=1S/C22H26F3N5O2/c1-13-10-27-18(28-20(31)6-14-11-26-12-14)9-16(13)15-7-19(29-21(32)8-15)30-5-3-2-4-17(30)22(23,24)25/h7-10,14,17,26H,2-6,11-12H2,1H3,(H,29,32)(H,27,28,31)/t17-/m1/s1. The zero-order chi connectivity index (χ0) is 22.9. The largest absolute Gasteiger partial charge is 0.408 e. The molecule has 7 nitrogen and oxygen atoms in total. The minimum Gasteiger partial charge on any atom is -0.346 e. The van der Waals surface area contributed by atoms with Crippen LogP contribution in [0.4, 0.5) is 24.8 Å². The number of aryl methyl sites for hydroxylation is 1. The third kappa shape index (κ3) is 4.95. The van der Waals surface area contributed by atoms with Gasteiger partial charge in [-0.1, -0.05) is 0 Å². The number of carbonyl (C=O) groups is 1. The summed E-state index contributed by atoms with van der Waals surface area (Å²) in [6, 6.07) is 2.95. The van der Waals surface area contributed by atoms with Gasteiger partial charge >= 0.3 is 6.18 Å². The summed E-state index contributed by atoms with van der Waals surface area (Å²) in [6.07, 6.45) is -1.30. The lowest BCUT2D eigenvalue weighted by atomic mass is 9.99. The lowest BCUT2D eigenvalue weighted by molar-refractivity contribution is -0.152. The molecule has 2 aromatic rings. The van der Waals surface area contributed by atoms with E-state index >= 15 is 0 Å². The molecule has 1 amide bonds. The SMILES string of the molecule is Cc1cnc(NC(=O)CC2CNC2)cc1-c1cc(N2CCCC[C@@H]2C(F)(F)F)[nH]c(=O)c1. The van der Waals surface area contributed by atoms with E-state index in [0.29, 0.717) is 42.1 Å². The van der Waals surface area contributed by atoms with Gasteiger partial charge in [-0.05, 0) is 74.0 Å². The van der Waals surface area contributed by atoms with Crippen LogP contribution < -0.4 is 21.1 Å². The van der Waals surface area contributed by atoms with Gasteiger partial charge in [0.1, 0.15) is 17.7 Å². The molecule has 4 rings (SSSR count). The number of piperidine rings is 1. The van der Waals surface area contributed by atoms with Crippen LogP contribution in [0.3, 0.4) is 0 Å². The van der Waals surface area contributed by atoms with E-state index in [-0.39, 0.29) is 24.7 Å². The highest BCUT2D eigenvalue weighted by Crippen LogP contribution is 2.35. The Morgan fingerprint density at radius 2 is 2.03 bits per heavy atom. The van der Waals surface area contributed by atoms with Gasteiger partial charge < -0.3 is 20.5 Å². The number of halogens is 3. The molecule has 2 aliphatic heterocycles. The van der Waals surface area contributed by atoms with E-state index in [1.54, 1.807) is 25.3 Å². The average Bonchev–Trinajstić information content (AvgIpc) is 2.71. The number of rotatable bonds is 5. The first-order valence-electron chi connectivity index (χ1n) is 10.8. The molecule has 172 valence electrons. The lowest BCUT2D eigenvalue weighted by Crippen LogP contribution is -2.49. The Morgan fingerprint density at radius 1 is 1.25 bits per heavy atom. The van der Waals surface area contributed by atoms with Gasteiger partial charge in [-0.25, -0.2) is 4.98 Å². The number of pyridine rings is 2. The van der Waals surface area contributed by atoms with Crippen LogP contribution in [0.25, 0.3) is 11.1 Å². The van der Waals surface area contributed by atoms with Crippen LogP contribution in [0.1, 0.15) is 31.2 Å². The summed E-state index contributed by atoms with van der Waals surface area (Å²) >= 11 is 0. The van der Waals surface area contributed by atoms with E-state index in [9.17, 15) is 22.8 Å². The van der Waals surface area contributed by atoms with Crippen molar-refractivity contribution in [1.82, 2.24) is 15.3 Å². The first-order chi connectivity index (χ1) is 15.2. The van der Waals surface area contributed by atoms with Crippen molar-refractivity contribution in [2.24, 2.45) is 5.92 Å². The zero-order valence-corrected chi connectivity index (χ0v) is 17.8. The number of anilines is 2. The summed E-state index contributed by atoms with van der Waals surface area (Å²) < 4.78 is 40.7. The Balaban J connectivity index is 1.63. The van der Waals surface area contributed by atoms with E-state index in [1.165, 1.54) is 11.0 Å². The van der Waals surface area contributed by atoms with Crippen LogP contribution in [-0.4, -0.2) is 47.7 Å². The number of amides is 1. The van der Waals surface area contributed by atoms with Crippen LogP contribution in [0.5, 0.6) is 0 Å². The molecule has 2 aliphatic rings. The normalized spacial score (nSPS) is 19.5. The summed E-state index contributed by atoms with van der Waals surface area (Å²) in [6.45, 7) is 3.64. The molecule has 2 fully saturated rings. The molecule has 2 saturated heterocycles. The minimum absolute atomic E-state index is 0.00324. The summed E-state index contributed by atoms with van der Waals surface area (Å²) in [4.78, 5) is 32.7. The lowest BCUT2D eigenvalue weighted by Gasteiger charge is -2.38. The fourth-order valence-corrected chi connectivity index (χ4v) is 4.25. The molecule has 10 heteroatoms. The van der Waals surface area contributed by atoms with Gasteiger partial charge in [-0.2, -0.15) is 13.2 Å². The van der Waals surface area contributed by atoms with Crippen molar-refractivity contribution in [3.63, 3.8) is 0 Å². The molecule has 0 radical (unpaired) electrons. The van der Waals surface area contributed by atoms with Crippen molar-refractivity contribution in [2.75, 3.05) is 29.9 Å². The highest BCUT2D eigenvalue weighted by Gasteiger charge is 2.45. The Hall–Kier alpha value is -2.88. The first-order valence-corrected chi connectivity index (χ1v) is 10.8.